The van der Waals surface area contributed by atoms with E-state index in [1.165, 1.54) is 5.56 Å². The molecule has 1 N–H and O–H groups in total. The van der Waals surface area contributed by atoms with E-state index in [0.29, 0.717) is 0 Å². The van der Waals surface area contributed by atoms with Crippen molar-refractivity contribution in [1.29, 1.82) is 0 Å². The summed E-state index contributed by atoms with van der Waals surface area (Å²) in [6.07, 6.45) is 0.228. The number of ether oxygens (including phenoxy) is 2. The van der Waals surface area contributed by atoms with Crippen molar-refractivity contribution in [3.63, 3.8) is 0 Å². The van der Waals surface area contributed by atoms with Crippen LogP contribution in [0, 0.1) is 0 Å². The molecule has 1 aromatic rings. The minimum atomic E-state index is 0.0497. The Morgan fingerprint density at radius 1 is 1.24 bits per heavy atom. The van der Waals surface area contributed by atoms with Crippen LogP contribution in [0.5, 0.6) is 0 Å². The van der Waals surface area contributed by atoms with Gasteiger partial charge in [-0.2, -0.15) is 0 Å². The molecule has 92 valence electrons. The van der Waals surface area contributed by atoms with Crippen LogP contribution in [0.15, 0.2) is 28.7 Å². The molecule has 2 aliphatic rings. The number of benzene rings is 1. The number of hydrogen-bond donors (Lipinski definition) is 1. The summed E-state index contributed by atoms with van der Waals surface area (Å²) in [5.41, 5.74) is 1.37. The maximum Gasteiger partial charge on any atom is 0.0841 e. The van der Waals surface area contributed by atoms with Crippen LogP contribution in [-0.2, 0) is 14.9 Å². The fraction of sp³-hybridized carbons (Fsp3) is 0.538. The highest BCUT2D eigenvalue weighted by atomic mass is 79.9. The summed E-state index contributed by atoms with van der Waals surface area (Å²) in [6, 6.07) is 8.52. The fourth-order valence-corrected chi connectivity index (χ4v) is 2.83. The average Bonchev–Trinajstić information content (AvgIpc) is 2.32. The molecule has 17 heavy (non-hydrogen) atoms. The average molecular weight is 298 g/mol. The molecule has 1 unspecified atom stereocenters. The van der Waals surface area contributed by atoms with Gasteiger partial charge in [0.25, 0.3) is 0 Å². The van der Waals surface area contributed by atoms with Crippen LogP contribution in [-0.4, -0.2) is 39.0 Å². The summed E-state index contributed by atoms with van der Waals surface area (Å²) in [7, 11) is 0. The molecule has 3 nitrogen and oxygen atoms in total. The van der Waals surface area contributed by atoms with Crippen molar-refractivity contribution in [2.24, 2.45) is 0 Å². The molecule has 2 heterocycles. The summed E-state index contributed by atoms with van der Waals surface area (Å²) in [5.74, 6) is 0. The minimum absolute atomic E-state index is 0.0497. The zero-order valence-electron chi connectivity index (χ0n) is 9.62. The summed E-state index contributed by atoms with van der Waals surface area (Å²) >= 11 is 3.47. The molecule has 3 rings (SSSR count). The highest BCUT2D eigenvalue weighted by Crippen LogP contribution is 2.38. The topological polar surface area (TPSA) is 30.5 Å². The van der Waals surface area contributed by atoms with Crippen LogP contribution < -0.4 is 5.32 Å². The van der Waals surface area contributed by atoms with Crippen LogP contribution in [0.1, 0.15) is 5.56 Å². The van der Waals surface area contributed by atoms with E-state index in [0.717, 1.165) is 37.4 Å². The minimum Gasteiger partial charge on any atom is -0.379 e. The summed E-state index contributed by atoms with van der Waals surface area (Å²) in [6.45, 7) is 4.19. The van der Waals surface area contributed by atoms with Crippen LogP contribution in [0.3, 0.4) is 0 Å². The number of morpholine rings is 1. The third-order valence-electron chi connectivity index (χ3n) is 3.68. The number of rotatable bonds is 2. The summed E-state index contributed by atoms with van der Waals surface area (Å²) in [4.78, 5) is 0. The van der Waals surface area contributed by atoms with E-state index in [-0.39, 0.29) is 11.5 Å². The van der Waals surface area contributed by atoms with Crippen molar-refractivity contribution < 1.29 is 9.47 Å². The molecule has 2 saturated heterocycles. The van der Waals surface area contributed by atoms with Gasteiger partial charge in [0, 0.05) is 17.6 Å². The van der Waals surface area contributed by atoms with Gasteiger partial charge in [0.2, 0.25) is 0 Å². The van der Waals surface area contributed by atoms with Crippen molar-refractivity contribution in [2.45, 2.75) is 11.5 Å². The Morgan fingerprint density at radius 3 is 2.53 bits per heavy atom. The molecule has 0 spiro atoms. The maximum atomic E-state index is 5.92. The van der Waals surface area contributed by atoms with Crippen LogP contribution in [0.2, 0.25) is 0 Å². The third kappa shape index (κ3) is 2.03. The molecule has 2 aliphatic heterocycles. The number of nitrogens with one attached hydrogen (secondary N) is 1. The Morgan fingerprint density at radius 2 is 2.00 bits per heavy atom. The van der Waals surface area contributed by atoms with Gasteiger partial charge in [-0.3, -0.25) is 0 Å². The van der Waals surface area contributed by atoms with E-state index in [1.54, 1.807) is 0 Å². The largest absolute Gasteiger partial charge is 0.379 e. The third-order valence-corrected chi connectivity index (χ3v) is 4.21. The molecule has 4 heteroatoms. The molecular formula is C13H16BrNO2. The highest BCUT2D eigenvalue weighted by molar-refractivity contribution is 9.10. The zero-order chi connectivity index (χ0) is 11.7. The van der Waals surface area contributed by atoms with E-state index >= 15 is 0 Å². The monoisotopic (exact) mass is 297 g/mol. The van der Waals surface area contributed by atoms with Crippen molar-refractivity contribution in [3.05, 3.63) is 34.3 Å². The van der Waals surface area contributed by atoms with E-state index in [2.05, 4.69) is 45.5 Å². The second-order valence-corrected chi connectivity index (χ2v) is 5.64. The Labute approximate surface area is 110 Å². The standard InChI is InChI=1S/C13H16BrNO2/c14-11-3-1-10(2-4-11)13(8-16-9-13)12-7-15-5-6-17-12/h1-4,12,15H,5-9H2. The highest BCUT2D eigenvalue weighted by Gasteiger charge is 2.48. The van der Waals surface area contributed by atoms with Crippen molar-refractivity contribution in [3.8, 4) is 0 Å². The quantitative estimate of drug-likeness (QED) is 0.901. The predicted octanol–water partition coefficient (Wildman–Crippen LogP) is 1.71. The normalized spacial score (nSPS) is 27.5. The Kier molecular flexibility index (Phi) is 3.21. The van der Waals surface area contributed by atoms with Crippen LogP contribution >= 0.6 is 15.9 Å². The van der Waals surface area contributed by atoms with E-state index in [9.17, 15) is 0 Å². The Balaban J connectivity index is 1.87. The molecule has 0 aromatic heterocycles. The second kappa shape index (κ2) is 4.69. The van der Waals surface area contributed by atoms with Gasteiger partial charge in [0.15, 0.2) is 0 Å². The molecule has 0 radical (unpaired) electrons. The first-order chi connectivity index (χ1) is 8.31. The van der Waals surface area contributed by atoms with Gasteiger partial charge in [0.1, 0.15) is 0 Å². The maximum absolute atomic E-state index is 5.92. The van der Waals surface area contributed by atoms with Gasteiger partial charge in [-0.15, -0.1) is 0 Å². The smallest absolute Gasteiger partial charge is 0.0841 e. The van der Waals surface area contributed by atoms with Crippen LogP contribution in [0.25, 0.3) is 0 Å². The fourth-order valence-electron chi connectivity index (χ4n) is 2.56. The lowest BCUT2D eigenvalue weighted by Gasteiger charge is -2.48. The molecular weight excluding hydrogens is 282 g/mol. The molecule has 0 saturated carbocycles. The molecule has 1 atom stereocenters. The first kappa shape index (κ1) is 11.7. The molecule has 0 amide bonds. The second-order valence-electron chi connectivity index (χ2n) is 4.72. The van der Waals surface area contributed by atoms with E-state index < -0.39 is 0 Å². The van der Waals surface area contributed by atoms with Gasteiger partial charge in [-0.25, -0.2) is 0 Å². The van der Waals surface area contributed by atoms with E-state index in [1.807, 2.05) is 0 Å². The predicted molar refractivity (Wildman–Crippen MR) is 69.2 cm³/mol. The van der Waals surface area contributed by atoms with Gasteiger partial charge < -0.3 is 14.8 Å². The summed E-state index contributed by atoms with van der Waals surface area (Å²) < 4.78 is 12.5. The van der Waals surface area contributed by atoms with Gasteiger partial charge in [0.05, 0.1) is 31.3 Å². The first-order valence-corrected chi connectivity index (χ1v) is 6.77. The molecule has 2 fully saturated rings. The Hall–Kier alpha value is -0.420. The van der Waals surface area contributed by atoms with Crippen molar-refractivity contribution in [2.75, 3.05) is 32.9 Å². The van der Waals surface area contributed by atoms with E-state index in [4.69, 9.17) is 9.47 Å². The lowest BCUT2D eigenvalue weighted by Crippen LogP contribution is -2.61. The summed E-state index contributed by atoms with van der Waals surface area (Å²) in [5, 5.41) is 3.40. The van der Waals surface area contributed by atoms with Gasteiger partial charge >= 0.3 is 0 Å². The zero-order valence-corrected chi connectivity index (χ0v) is 11.2. The SMILES string of the molecule is Brc1ccc(C2(C3CNCCO3)COC2)cc1. The van der Waals surface area contributed by atoms with Crippen molar-refractivity contribution >= 4 is 15.9 Å². The Bertz CT molecular complexity index is 383. The molecule has 0 aliphatic carbocycles. The van der Waals surface area contributed by atoms with Crippen LogP contribution in [0.4, 0.5) is 0 Å². The first-order valence-electron chi connectivity index (χ1n) is 5.97. The number of hydrogen-bond acceptors (Lipinski definition) is 3. The molecule has 1 aromatic carbocycles. The van der Waals surface area contributed by atoms with Gasteiger partial charge in [-0.1, -0.05) is 28.1 Å². The number of halogens is 1. The lowest BCUT2D eigenvalue weighted by atomic mass is 9.73. The lowest BCUT2D eigenvalue weighted by molar-refractivity contribution is -0.146. The van der Waals surface area contributed by atoms with Gasteiger partial charge in [-0.05, 0) is 17.7 Å². The molecule has 0 bridgehead atoms. The van der Waals surface area contributed by atoms with Crippen molar-refractivity contribution in [1.82, 2.24) is 5.32 Å².